The molecule has 0 amide bonds. The normalized spacial score (nSPS) is 16.6. The van der Waals surface area contributed by atoms with Crippen molar-refractivity contribution in [1.29, 1.82) is 5.26 Å². The number of hydrogen-bond acceptors (Lipinski definition) is 4. The fourth-order valence-electron chi connectivity index (χ4n) is 1.79. The van der Waals surface area contributed by atoms with Gasteiger partial charge >= 0.3 is 5.97 Å². The molecule has 0 saturated heterocycles. The van der Waals surface area contributed by atoms with Gasteiger partial charge in [0.05, 0.1) is 12.0 Å². The Labute approximate surface area is 116 Å². The first-order chi connectivity index (χ1) is 9.35. The first-order valence-corrected chi connectivity index (χ1v) is 7.68. The first kappa shape index (κ1) is 14.6. The number of aromatic carboxylic acids is 1. The molecular weight excluding hydrogens is 282 g/mol. The third-order valence-electron chi connectivity index (χ3n) is 3.09. The standard InChI is InChI=1S/C12H15N3O4S/c1-8(5-13)6-14-20(18,19)10-4-11(12(16)17)15(7-10)9-2-3-9/h4,7-9,14H,2-3,6H2,1H3,(H,16,17). The number of rotatable bonds is 6. The molecule has 1 unspecified atom stereocenters. The summed E-state index contributed by atoms with van der Waals surface area (Å²) in [5, 5.41) is 17.7. The number of nitriles is 1. The second-order valence-electron chi connectivity index (χ2n) is 4.89. The molecule has 2 N–H and O–H groups in total. The summed E-state index contributed by atoms with van der Waals surface area (Å²) < 4.78 is 27.9. The minimum absolute atomic E-state index is 0.00412. The molecule has 1 aliphatic rings. The van der Waals surface area contributed by atoms with E-state index in [0.29, 0.717) is 0 Å². The van der Waals surface area contributed by atoms with Crippen LogP contribution in [-0.2, 0) is 10.0 Å². The molecule has 1 aromatic heterocycles. The van der Waals surface area contributed by atoms with Crippen molar-refractivity contribution in [3.8, 4) is 6.07 Å². The van der Waals surface area contributed by atoms with Crippen LogP contribution >= 0.6 is 0 Å². The van der Waals surface area contributed by atoms with E-state index in [1.54, 1.807) is 6.92 Å². The lowest BCUT2D eigenvalue weighted by Gasteiger charge is -2.05. The molecule has 7 nitrogen and oxygen atoms in total. The molecule has 20 heavy (non-hydrogen) atoms. The van der Waals surface area contributed by atoms with Gasteiger partial charge in [-0.15, -0.1) is 0 Å². The zero-order chi connectivity index (χ0) is 14.9. The molecule has 0 radical (unpaired) electrons. The van der Waals surface area contributed by atoms with Crippen molar-refractivity contribution in [1.82, 2.24) is 9.29 Å². The van der Waals surface area contributed by atoms with Crippen LogP contribution < -0.4 is 4.72 Å². The van der Waals surface area contributed by atoms with Crippen LogP contribution in [0.4, 0.5) is 0 Å². The highest BCUT2D eigenvalue weighted by atomic mass is 32.2. The maximum Gasteiger partial charge on any atom is 0.352 e. The summed E-state index contributed by atoms with van der Waals surface area (Å²) in [4.78, 5) is 11.1. The van der Waals surface area contributed by atoms with Crippen molar-refractivity contribution in [2.45, 2.75) is 30.7 Å². The third kappa shape index (κ3) is 3.00. The van der Waals surface area contributed by atoms with Crippen LogP contribution in [0.15, 0.2) is 17.2 Å². The minimum Gasteiger partial charge on any atom is -0.477 e. The summed E-state index contributed by atoms with van der Waals surface area (Å²) in [6.07, 6.45) is 3.06. The monoisotopic (exact) mass is 297 g/mol. The zero-order valence-electron chi connectivity index (χ0n) is 10.9. The fourth-order valence-corrected chi connectivity index (χ4v) is 2.95. The van der Waals surface area contributed by atoms with E-state index < -0.39 is 21.9 Å². The highest BCUT2D eigenvalue weighted by Gasteiger charge is 2.30. The van der Waals surface area contributed by atoms with E-state index in [1.165, 1.54) is 10.8 Å². The smallest absolute Gasteiger partial charge is 0.352 e. The maximum absolute atomic E-state index is 12.1. The Morgan fingerprint density at radius 1 is 1.65 bits per heavy atom. The largest absolute Gasteiger partial charge is 0.477 e. The van der Waals surface area contributed by atoms with Crippen LogP contribution in [0.5, 0.6) is 0 Å². The number of aromatic nitrogens is 1. The quantitative estimate of drug-likeness (QED) is 0.812. The predicted octanol–water partition coefficient (Wildman–Crippen LogP) is 0.959. The second-order valence-corrected chi connectivity index (χ2v) is 6.65. The SMILES string of the molecule is CC(C#N)CNS(=O)(=O)c1cc(C(=O)O)n(C2CC2)c1. The van der Waals surface area contributed by atoms with Crippen molar-refractivity contribution >= 4 is 16.0 Å². The van der Waals surface area contributed by atoms with Gasteiger partial charge in [-0.05, 0) is 25.8 Å². The summed E-state index contributed by atoms with van der Waals surface area (Å²) in [6, 6.07) is 3.15. The average Bonchev–Trinajstić information content (AvgIpc) is 3.13. The number of carboxylic acid groups (broad SMARTS) is 1. The van der Waals surface area contributed by atoms with Gasteiger partial charge in [-0.25, -0.2) is 17.9 Å². The Kier molecular flexibility index (Phi) is 3.83. The summed E-state index contributed by atoms with van der Waals surface area (Å²) in [5.74, 6) is -1.60. The summed E-state index contributed by atoms with van der Waals surface area (Å²) >= 11 is 0. The van der Waals surface area contributed by atoms with Gasteiger partial charge in [0.15, 0.2) is 0 Å². The molecule has 108 valence electrons. The van der Waals surface area contributed by atoms with Crippen molar-refractivity contribution in [3.63, 3.8) is 0 Å². The van der Waals surface area contributed by atoms with E-state index in [0.717, 1.165) is 18.9 Å². The fraction of sp³-hybridized carbons (Fsp3) is 0.500. The Morgan fingerprint density at radius 3 is 2.80 bits per heavy atom. The average molecular weight is 297 g/mol. The lowest BCUT2D eigenvalue weighted by molar-refractivity contribution is 0.0685. The van der Waals surface area contributed by atoms with E-state index in [4.69, 9.17) is 10.4 Å². The van der Waals surface area contributed by atoms with Gasteiger partial charge in [0.2, 0.25) is 10.0 Å². The summed E-state index contributed by atoms with van der Waals surface area (Å²) in [7, 11) is -3.79. The van der Waals surface area contributed by atoms with Gasteiger partial charge in [0.25, 0.3) is 0 Å². The number of nitrogens with one attached hydrogen (secondary N) is 1. The number of carbonyl (C=O) groups is 1. The lowest BCUT2D eigenvalue weighted by atomic mass is 10.2. The van der Waals surface area contributed by atoms with Crippen LogP contribution in [-0.4, -0.2) is 30.6 Å². The van der Waals surface area contributed by atoms with Gasteiger partial charge in [-0.1, -0.05) is 0 Å². The zero-order valence-corrected chi connectivity index (χ0v) is 11.7. The molecule has 8 heteroatoms. The predicted molar refractivity (Wildman–Crippen MR) is 69.6 cm³/mol. The molecule has 1 fully saturated rings. The second kappa shape index (κ2) is 5.26. The van der Waals surface area contributed by atoms with Crippen LogP contribution in [0, 0.1) is 17.2 Å². The van der Waals surface area contributed by atoms with Gasteiger partial charge in [0, 0.05) is 18.8 Å². The molecule has 1 aliphatic carbocycles. The molecule has 0 aromatic carbocycles. The highest BCUT2D eigenvalue weighted by Crippen LogP contribution is 2.37. The van der Waals surface area contributed by atoms with Crippen LogP contribution in [0.25, 0.3) is 0 Å². The van der Waals surface area contributed by atoms with Crippen molar-refractivity contribution in [3.05, 3.63) is 18.0 Å². The summed E-state index contributed by atoms with van der Waals surface area (Å²) in [6.45, 7) is 1.59. The number of sulfonamides is 1. The molecule has 0 aliphatic heterocycles. The number of hydrogen-bond donors (Lipinski definition) is 2. The van der Waals surface area contributed by atoms with Gasteiger partial charge in [-0.3, -0.25) is 0 Å². The number of nitrogens with zero attached hydrogens (tertiary/aromatic N) is 2. The molecule has 2 rings (SSSR count). The molecule has 1 heterocycles. The van der Waals surface area contributed by atoms with Crippen molar-refractivity contribution in [2.24, 2.45) is 5.92 Å². The third-order valence-corrected chi connectivity index (χ3v) is 4.48. The van der Waals surface area contributed by atoms with Crippen LogP contribution in [0.1, 0.15) is 36.3 Å². The van der Waals surface area contributed by atoms with E-state index >= 15 is 0 Å². The van der Waals surface area contributed by atoms with E-state index in [9.17, 15) is 13.2 Å². The molecule has 0 bridgehead atoms. The molecular formula is C12H15N3O4S. The van der Waals surface area contributed by atoms with E-state index in [2.05, 4.69) is 4.72 Å². The van der Waals surface area contributed by atoms with Crippen LogP contribution in [0.2, 0.25) is 0 Å². The summed E-state index contributed by atoms with van der Waals surface area (Å²) in [5.41, 5.74) is -0.0267. The van der Waals surface area contributed by atoms with E-state index in [-0.39, 0.29) is 23.2 Å². The van der Waals surface area contributed by atoms with E-state index in [1.807, 2.05) is 6.07 Å². The lowest BCUT2D eigenvalue weighted by Crippen LogP contribution is -2.27. The van der Waals surface area contributed by atoms with Gasteiger partial charge < -0.3 is 9.67 Å². The van der Waals surface area contributed by atoms with Gasteiger partial charge in [0.1, 0.15) is 10.6 Å². The minimum atomic E-state index is -3.79. The van der Waals surface area contributed by atoms with Crippen molar-refractivity contribution < 1.29 is 18.3 Å². The Balaban J connectivity index is 2.26. The Hall–Kier alpha value is -1.85. The van der Waals surface area contributed by atoms with Crippen molar-refractivity contribution in [2.75, 3.05) is 6.54 Å². The maximum atomic E-state index is 12.1. The molecule has 1 atom stereocenters. The number of carboxylic acids is 1. The topological polar surface area (TPSA) is 112 Å². The molecule has 0 spiro atoms. The first-order valence-electron chi connectivity index (χ1n) is 6.19. The molecule has 1 saturated carbocycles. The Morgan fingerprint density at radius 2 is 2.30 bits per heavy atom. The highest BCUT2D eigenvalue weighted by molar-refractivity contribution is 7.89. The van der Waals surface area contributed by atoms with Crippen LogP contribution in [0.3, 0.4) is 0 Å². The Bertz CT molecular complexity index is 667. The molecule has 1 aromatic rings. The van der Waals surface area contributed by atoms with Gasteiger partial charge in [-0.2, -0.15) is 5.26 Å².